The lowest BCUT2D eigenvalue weighted by atomic mass is 10.2. The van der Waals surface area contributed by atoms with E-state index in [0.717, 1.165) is 22.8 Å². The largest absolute Gasteiger partial charge is 0.305 e. The number of halogens is 1. The van der Waals surface area contributed by atoms with Gasteiger partial charge in [-0.15, -0.1) is 0 Å². The summed E-state index contributed by atoms with van der Waals surface area (Å²) in [7, 11) is 0. The first-order valence-electron chi connectivity index (χ1n) is 8.77. The van der Waals surface area contributed by atoms with Gasteiger partial charge in [0.1, 0.15) is 0 Å². The highest BCUT2D eigenvalue weighted by Crippen LogP contribution is 2.22. The zero-order valence-corrected chi connectivity index (χ0v) is 16.2. The van der Waals surface area contributed by atoms with Crippen LogP contribution in [-0.2, 0) is 0 Å². The third-order valence-corrected chi connectivity index (χ3v) is 4.98. The van der Waals surface area contributed by atoms with Gasteiger partial charge in [0.05, 0.1) is 27.8 Å². The molecule has 6 nitrogen and oxygen atoms in total. The highest BCUT2D eigenvalue weighted by atomic mass is 35.5. The van der Waals surface area contributed by atoms with Gasteiger partial charge in [0.15, 0.2) is 5.82 Å². The van der Waals surface area contributed by atoms with Crippen molar-refractivity contribution < 1.29 is 4.79 Å². The number of hydrogen-bond donors (Lipinski definition) is 1. The zero-order chi connectivity index (χ0) is 19.7. The van der Waals surface area contributed by atoms with Gasteiger partial charge in [0.25, 0.3) is 5.91 Å². The molecule has 7 heteroatoms. The van der Waals surface area contributed by atoms with E-state index >= 15 is 0 Å². The maximum Gasteiger partial charge on any atom is 0.256 e. The molecule has 0 saturated carbocycles. The fraction of sp³-hybridized carbons (Fsp3) is 0.0952. The van der Waals surface area contributed by atoms with Crippen molar-refractivity contribution in [3.63, 3.8) is 0 Å². The fourth-order valence-corrected chi connectivity index (χ4v) is 3.05. The van der Waals surface area contributed by atoms with E-state index < -0.39 is 0 Å². The molecule has 4 rings (SSSR count). The Morgan fingerprint density at radius 3 is 2.29 bits per heavy atom. The van der Waals surface area contributed by atoms with Crippen molar-refractivity contribution in [2.45, 2.75) is 13.8 Å². The van der Waals surface area contributed by atoms with Crippen molar-refractivity contribution in [1.82, 2.24) is 19.6 Å². The van der Waals surface area contributed by atoms with Crippen LogP contribution >= 0.6 is 11.6 Å². The molecule has 1 amide bonds. The molecule has 0 saturated heterocycles. The van der Waals surface area contributed by atoms with Crippen LogP contribution in [-0.4, -0.2) is 25.5 Å². The van der Waals surface area contributed by atoms with Crippen LogP contribution in [0.25, 0.3) is 11.4 Å². The van der Waals surface area contributed by atoms with Crippen molar-refractivity contribution in [2.75, 3.05) is 5.32 Å². The number of para-hydroxylation sites is 1. The number of nitrogens with one attached hydrogen (secondary N) is 1. The summed E-state index contributed by atoms with van der Waals surface area (Å²) >= 11 is 6.21. The lowest BCUT2D eigenvalue weighted by Crippen LogP contribution is -2.13. The van der Waals surface area contributed by atoms with Crippen LogP contribution in [0.3, 0.4) is 0 Å². The SMILES string of the molecule is Cc1nn(-c2ccc(C(=O)Nc3ccn(-c4ccccc4)n3)cc2)c(C)c1Cl. The van der Waals surface area contributed by atoms with E-state index in [1.807, 2.05) is 56.3 Å². The summed E-state index contributed by atoms with van der Waals surface area (Å²) < 4.78 is 3.48. The van der Waals surface area contributed by atoms with Crippen molar-refractivity contribution in [3.8, 4) is 11.4 Å². The molecule has 0 aliphatic carbocycles. The first-order valence-corrected chi connectivity index (χ1v) is 9.15. The second-order valence-corrected chi connectivity index (χ2v) is 6.76. The number of hydrogen-bond acceptors (Lipinski definition) is 3. The third kappa shape index (κ3) is 3.42. The molecule has 4 aromatic rings. The van der Waals surface area contributed by atoms with Gasteiger partial charge in [-0.05, 0) is 50.2 Å². The summed E-state index contributed by atoms with van der Waals surface area (Å²) in [6.45, 7) is 3.77. The Bertz CT molecular complexity index is 1130. The predicted octanol–water partition coefficient (Wildman–Crippen LogP) is 4.58. The van der Waals surface area contributed by atoms with Crippen LogP contribution in [0.5, 0.6) is 0 Å². The van der Waals surface area contributed by atoms with E-state index in [0.29, 0.717) is 16.4 Å². The molecule has 0 aliphatic rings. The topological polar surface area (TPSA) is 64.7 Å². The number of anilines is 1. The van der Waals surface area contributed by atoms with Gasteiger partial charge in [-0.2, -0.15) is 10.2 Å². The number of rotatable bonds is 4. The number of aryl methyl sites for hydroxylation is 1. The van der Waals surface area contributed by atoms with Crippen molar-refractivity contribution >= 4 is 23.3 Å². The molecule has 0 aliphatic heterocycles. The first kappa shape index (κ1) is 18.0. The lowest BCUT2D eigenvalue weighted by molar-refractivity contribution is 0.102. The summed E-state index contributed by atoms with van der Waals surface area (Å²) in [6, 6.07) is 18.7. The number of amides is 1. The Morgan fingerprint density at radius 1 is 0.929 bits per heavy atom. The summed E-state index contributed by atoms with van der Waals surface area (Å²) in [4.78, 5) is 12.5. The first-order chi connectivity index (χ1) is 13.5. The molecule has 140 valence electrons. The molecule has 0 fully saturated rings. The number of carbonyl (C=O) groups is 1. The molecule has 0 radical (unpaired) electrons. The Hall–Kier alpha value is -3.38. The third-order valence-electron chi connectivity index (χ3n) is 4.43. The maximum atomic E-state index is 12.5. The van der Waals surface area contributed by atoms with Gasteiger partial charge in [-0.3, -0.25) is 4.79 Å². The van der Waals surface area contributed by atoms with E-state index in [9.17, 15) is 4.79 Å². The predicted molar refractivity (Wildman–Crippen MR) is 110 cm³/mol. The molecule has 0 bridgehead atoms. The second kappa shape index (κ2) is 7.32. The fourth-order valence-electron chi connectivity index (χ4n) is 2.93. The molecular formula is C21H18ClN5O. The molecule has 2 aromatic carbocycles. The standard InChI is InChI=1S/C21H18ClN5O/c1-14-20(22)15(2)27(24-14)18-10-8-16(9-11-18)21(28)23-19-12-13-26(25-19)17-6-4-3-5-7-17/h3-13H,1-2H3,(H,23,25,28). The zero-order valence-electron chi connectivity index (χ0n) is 15.4. The van der Waals surface area contributed by atoms with Crippen molar-refractivity contribution in [1.29, 1.82) is 0 Å². The lowest BCUT2D eigenvalue weighted by Gasteiger charge is -2.06. The van der Waals surface area contributed by atoms with E-state index in [4.69, 9.17) is 11.6 Å². The maximum absolute atomic E-state index is 12.5. The normalized spacial score (nSPS) is 10.8. The van der Waals surface area contributed by atoms with E-state index in [1.54, 1.807) is 33.8 Å². The Balaban J connectivity index is 1.50. The highest BCUT2D eigenvalue weighted by Gasteiger charge is 2.12. The van der Waals surface area contributed by atoms with E-state index in [2.05, 4.69) is 15.5 Å². The summed E-state index contributed by atoms with van der Waals surface area (Å²) in [5.74, 6) is 0.263. The molecule has 1 N–H and O–H groups in total. The quantitative estimate of drug-likeness (QED) is 0.553. The Morgan fingerprint density at radius 2 is 1.64 bits per heavy atom. The molecule has 0 unspecified atom stereocenters. The summed E-state index contributed by atoms with van der Waals surface area (Å²) in [5.41, 5.74) is 3.94. The minimum absolute atomic E-state index is 0.226. The monoisotopic (exact) mass is 391 g/mol. The van der Waals surface area contributed by atoms with Crippen LogP contribution in [0.15, 0.2) is 66.9 Å². The average Bonchev–Trinajstić information content (AvgIpc) is 3.29. The van der Waals surface area contributed by atoms with Gasteiger partial charge in [0, 0.05) is 17.8 Å². The minimum Gasteiger partial charge on any atom is -0.305 e. The van der Waals surface area contributed by atoms with Crippen LogP contribution in [0.1, 0.15) is 21.7 Å². The number of benzene rings is 2. The van der Waals surface area contributed by atoms with Crippen molar-refractivity contribution in [3.05, 3.63) is 88.8 Å². The van der Waals surface area contributed by atoms with Crippen LogP contribution in [0, 0.1) is 13.8 Å². The molecular weight excluding hydrogens is 374 g/mol. The van der Waals surface area contributed by atoms with E-state index in [1.165, 1.54) is 0 Å². The van der Waals surface area contributed by atoms with E-state index in [-0.39, 0.29) is 5.91 Å². The summed E-state index contributed by atoms with van der Waals surface area (Å²) in [6.07, 6.45) is 1.81. The smallest absolute Gasteiger partial charge is 0.256 e. The van der Waals surface area contributed by atoms with Crippen molar-refractivity contribution in [2.24, 2.45) is 0 Å². The van der Waals surface area contributed by atoms with Gasteiger partial charge < -0.3 is 5.32 Å². The van der Waals surface area contributed by atoms with Gasteiger partial charge in [-0.1, -0.05) is 29.8 Å². The second-order valence-electron chi connectivity index (χ2n) is 6.38. The van der Waals surface area contributed by atoms with Gasteiger partial charge in [0.2, 0.25) is 0 Å². The van der Waals surface area contributed by atoms with Gasteiger partial charge in [-0.25, -0.2) is 9.36 Å². The van der Waals surface area contributed by atoms with Crippen LogP contribution in [0.2, 0.25) is 5.02 Å². The molecule has 28 heavy (non-hydrogen) atoms. The summed E-state index contributed by atoms with van der Waals surface area (Å²) in [5, 5.41) is 12.3. The minimum atomic E-state index is -0.226. The number of aromatic nitrogens is 4. The number of nitrogens with zero attached hydrogens (tertiary/aromatic N) is 4. The molecule has 0 atom stereocenters. The molecule has 2 aromatic heterocycles. The van der Waals surface area contributed by atoms with Crippen LogP contribution in [0.4, 0.5) is 5.82 Å². The molecule has 0 spiro atoms. The van der Waals surface area contributed by atoms with Crippen LogP contribution < -0.4 is 5.32 Å². The number of carbonyl (C=O) groups excluding carboxylic acids is 1. The molecule has 2 heterocycles. The average molecular weight is 392 g/mol. The van der Waals surface area contributed by atoms with Gasteiger partial charge >= 0.3 is 0 Å². The Kier molecular flexibility index (Phi) is 4.71. The highest BCUT2D eigenvalue weighted by molar-refractivity contribution is 6.31. The Labute approximate surface area is 167 Å².